The molecule has 0 saturated heterocycles. The van der Waals surface area contributed by atoms with Gasteiger partial charge in [0.05, 0.1) is 5.69 Å². The van der Waals surface area contributed by atoms with Gasteiger partial charge in [-0.3, -0.25) is 0 Å². The van der Waals surface area contributed by atoms with Gasteiger partial charge in [-0.1, -0.05) is 166 Å². The van der Waals surface area contributed by atoms with Crippen LogP contribution in [0.15, 0.2) is 36.5 Å². The van der Waals surface area contributed by atoms with Crippen LogP contribution in [0.25, 0.3) is 0 Å². The van der Waals surface area contributed by atoms with E-state index in [2.05, 4.69) is 54.9 Å². The molecule has 0 bridgehead atoms. The molecule has 0 aliphatic heterocycles. The van der Waals surface area contributed by atoms with Crippen molar-refractivity contribution in [3.63, 3.8) is 0 Å². The highest BCUT2D eigenvalue weighted by Crippen LogP contribution is 2.16. The Morgan fingerprint density at radius 2 is 0.974 bits per heavy atom. The van der Waals surface area contributed by atoms with E-state index in [1.165, 1.54) is 158 Å². The average Bonchev–Trinajstić information content (AvgIpc) is 3.34. The molecule has 1 heterocycles. The van der Waals surface area contributed by atoms with Crippen molar-refractivity contribution in [2.75, 3.05) is 0 Å². The lowest BCUT2D eigenvalue weighted by atomic mass is 10.0. The fourth-order valence-electron chi connectivity index (χ4n) is 5.86. The largest absolute Gasteiger partial charge is 0.335 e. The van der Waals surface area contributed by atoms with E-state index in [4.69, 9.17) is 4.98 Å². The molecule has 222 valence electrons. The van der Waals surface area contributed by atoms with E-state index >= 15 is 0 Å². The monoisotopic (exact) mass is 537 g/mol. The van der Waals surface area contributed by atoms with Crippen molar-refractivity contribution >= 4 is 0 Å². The zero-order valence-electron chi connectivity index (χ0n) is 26.2. The van der Waals surface area contributed by atoms with Crippen LogP contribution in [-0.4, -0.2) is 9.55 Å². The number of benzene rings is 1. The van der Waals surface area contributed by atoms with E-state index in [0.29, 0.717) is 0 Å². The molecule has 0 N–H and O–H groups in total. The summed E-state index contributed by atoms with van der Waals surface area (Å²) in [6, 6.07) is 10.9. The molecule has 0 saturated carbocycles. The third kappa shape index (κ3) is 17.7. The minimum absolute atomic E-state index is 1.10. The first-order valence-corrected chi connectivity index (χ1v) is 17.4. The predicted octanol–water partition coefficient (Wildman–Crippen LogP) is 11.8. The Morgan fingerprint density at radius 1 is 0.487 bits per heavy atom. The van der Waals surface area contributed by atoms with Crippen molar-refractivity contribution in [1.29, 1.82) is 0 Å². The van der Waals surface area contributed by atoms with Crippen LogP contribution in [0.4, 0.5) is 0 Å². The normalized spacial score (nSPS) is 11.4. The second kappa shape index (κ2) is 24.2. The Labute approximate surface area is 243 Å². The van der Waals surface area contributed by atoms with Crippen LogP contribution in [0.2, 0.25) is 0 Å². The van der Waals surface area contributed by atoms with Gasteiger partial charge in [-0.2, -0.15) is 0 Å². The Balaban J connectivity index is 1.64. The second-order valence-electron chi connectivity index (χ2n) is 12.1. The summed E-state index contributed by atoms with van der Waals surface area (Å²) >= 11 is 0. The molecule has 39 heavy (non-hydrogen) atoms. The first-order valence-electron chi connectivity index (χ1n) is 17.4. The van der Waals surface area contributed by atoms with E-state index in [9.17, 15) is 0 Å². The summed E-state index contributed by atoms with van der Waals surface area (Å²) in [5.41, 5.74) is 2.76. The lowest BCUT2D eigenvalue weighted by molar-refractivity contribution is 0.517. The first kappa shape index (κ1) is 33.6. The van der Waals surface area contributed by atoms with Gasteiger partial charge >= 0.3 is 0 Å². The van der Waals surface area contributed by atoms with Crippen LogP contribution < -0.4 is 0 Å². The van der Waals surface area contributed by atoms with Crippen LogP contribution in [0, 0.1) is 0 Å². The molecule has 0 spiro atoms. The minimum Gasteiger partial charge on any atom is -0.335 e. The molecule has 0 unspecified atom stereocenters. The molecule has 2 nitrogen and oxygen atoms in total. The maximum atomic E-state index is 5.14. The summed E-state index contributed by atoms with van der Waals surface area (Å²) in [5.74, 6) is 1.36. The van der Waals surface area contributed by atoms with Crippen LogP contribution >= 0.6 is 0 Å². The van der Waals surface area contributed by atoms with Crippen molar-refractivity contribution in [3.05, 3.63) is 53.6 Å². The molecule has 0 radical (unpaired) electrons. The fraction of sp³-hybridized carbons (Fsp3) is 0.757. The second-order valence-corrected chi connectivity index (χ2v) is 12.1. The van der Waals surface area contributed by atoms with Crippen molar-refractivity contribution < 1.29 is 0 Å². The van der Waals surface area contributed by atoms with Gasteiger partial charge in [-0.05, 0) is 37.7 Å². The van der Waals surface area contributed by atoms with Gasteiger partial charge in [0.15, 0.2) is 0 Å². The molecule has 0 aliphatic rings. The zero-order valence-corrected chi connectivity index (χ0v) is 26.2. The van der Waals surface area contributed by atoms with Crippen LogP contribution in [0.1, 0.15) is 172 Å². The number of rotatable bonds is 27. The highest BCUT2D eigenvalue weighted by atomic mass is 15.1. The molecule has 2 aromatic rings. The third-order valence-corrected chi connectivity index (χ3v) is 8.41. The molecule has 0 atom stereocenters. The quantitative estimate of drug-likeness (QED) is 0.104. The van der Waals surface area contributed by atoms with Crippen molar-refractivity contribution in [1.82, 2.24) is 9.55 Å². The van der Waals surface area contributed by atoms with E-state index in [0.717, 1.165) is 25.8 Å². The number of imidazole rings is 1. The van der Waals surface area contributed by atoms with Gasteiger partial charge in [-0.15, -0.1) is 0 Å². The van der Waals surface area contributed by atoms with Gasteiger partial charge in [0.25, 0.3) is 0 Å². The number of nitrogens with zero attached hydrogens (tertiary/aromatic N) is 2. The van der Waals surface area contributed by atoms with E-state index < -0.39 is 0 Å². The predicted molar refractivity (Wildman–Crippen MR) is 173 cm³/mol. The van der Waals surface area contributed by atoms with Gasteiger partial charge in [0.2, 0.25) is 0 Å². The molecule has 0 amide bonds. The molecule has 2 heteroatoms. The molecule has 0 fully saturated rings. The highest BCUT2D eigenvalue weighted by Gasteiger charge is 2.08. The average molecular weight is 537 g/mol. The smallest absolute Gasteiger partial charge is 0.108 e. The molecular weight excluding hydrogens is 472 g/mol. The zero-order chi connectivity index (χ0) is 27.6. The van der Waals surface area contributed by atoms with Crippen molar-refractivity contribution in [2.45, 2.75) is 181 Å². The van der Waals surface area contributed by atoms with Gasteiger partial charge < -0.3 is 4.57 Å². The SMILES string of the molecule is CCCCCCCCCCCCCCCn1cc(CCCc2ccccc2)nc1CCCCCCCCCC. The Hall–Kier alpha value is -1.57. The van der Waals surface area contributed by atoms with Crippen LogP contribution in [-0.2, 0) is 25.8 Å². The van der Waals surface area contributed by atoms with Gasteiger partial charge in [0.1, 0.15) is 5.82 Å². The molecular formula is C37H64N2. The van der Waals surface area contributed by atoms with Gasteiger partial charge in [-0.25, -0.2) is 4.98 Å². The van der Waals surface area contributed by atoms with Crippen molar-refractivity contribution in [3.8, 4) is 0 Å². The summed E-state index contributed by atoms with van der Waals surface area (Å²) in [5, 5.41) is 0. The Bertz CT molecular complexity index is 778. The van der Waals surface area contributed by atoms with Gasteiger partial charge in [0, 0.05) is 19.2 Å². The van der Waals surface area contributed by atoms with Crippen LogP contribution in [0.5, 0.6) is 0 Å². The number of hydrogen-bond acceptors (Lipinski definition) is 1. The summed E-state index contributed by atoms with van der Waals surface area (Å²) < 4.78 is 2.53. The Morgan fingerprint density at radius 3 is 1.51 bits per heavy atom. The van der Waals surface area contributed by atoms with Crippen LogP contribution in [0.3, 0.4) is 0 Å². The van der Waals surface area contributed by atoms with E-state index in [1.807, 2.05) is 0 Å². The summed E-state index contributed by atoms with van der Waals surface area (Å²) in [6.45, 7) is 5.77. The Kier molecular flexibility index (Phi) is 20.9. The number of aryl methyl sites for hydroxylation is 4. The highest BCUT2D eigenvalue weighted by molar-refractivity contribution is 5.15. The molecule has 1 aromatic carbocycles. The molecule has 2 rings (SSSR count). The maximum absolute atomic E-state index is 5.14. The lowest BCUT2D eigenvalue weighted by Gasteiger charge is -2.08. The summed E-state index contributed by atoms with van der Waals surface area (Å²) in [4.78, 5) is 5.14. The van der Waals surface area contributed by atoms with Crippen molar-refractivity contribution in [2.24, 2.45) is 0 Å². The number of unbranched alkanes of at least 4 members (excludes halogenated alkanes) is 19. The first-order chi connectivity index (χ1) is 19.3. The fourth-order valence-corrected chi connectivity index (χ4v) is 5.86. The molecule has 1 aromatic heterocycles. The molecule has 0 aliphatic carbocycles. The minimum atomic E-state index is 1.10. The number of aromatic nitrogens is 2. The lowest BCUT2D eigenvalue weighted by Crippen LogP contribution is -2.03. The summed E-state index contributed by atoms with van der Waals surface area (Å²) in [6.07, 6.45) is 36.5. The maximum Gasteiger partial charge on any atom is 0.108 e. The number of hydrogen-bond donors (Lipinski definition) is 0. The van der Waals surface area contributed by atoms with E-state index in [1.54, 1.807) is 0 Å². The summed E-state index contributed by atoms with van der Waals surface area (Å²) in [7, 11) is 0. The third-order valence-electron chi connectivity index (χ3n) is 8.41. The topological polar surface area (TPSA) is 17.8 Å². The van der Waals surface area contributed by atoms with E-state index in [-0.39, 0.29) is 0 Å². The standard InChI is InChI=1S/C37H64N2/c1-3-5-7-9-11-13-14-15-16-17-19-21-26-33-39-34-36(31-27-30-35-28-23-22-24-29-35)38-37(39)32-25-20-18-12-10-8-6-4-2/h22-24,28-29,34H,3-21,25-27,30-33H2,1-2H3.